The third-order valence-corrected chi connectivity index (χ3v) is 3.97. The highest BCUT2D eigenvalue weighted by Crippen LogP contribution is 2.15. The summed E-state index contributed by atoms with van der Waals surface area (Å²) in [5.41, 5.74) is 2.53. The Labute approximate surface area is 128 Å². The molecule has 0 fully saturated rings. The van der Waals surface area contributed by atoms with Crippen molar-refractivity contribution in [3.63, 3.8) is 0 Å². The molecule has 1 aromatic carbocycles. The Balaban J connectivity index is 1.76. The number of aliphatic hydroxyl groups is 1. The molecular weight excluding hydrogens is 286 g/mol. The van der Waals surface area contributed by atoms with Crippen molar-refractivity contribution in [2.24, 2.45) is 0 Å². The summed E-state index contributed by atoms with van der Waals surface area (Å²) in [5, 5.41) is 18.0. The van der Waals surface area contributed by atoms with Gasteiger partial charge in [-0.1, -0.05) is 12.1 Å². The molecule has 1 unspecified atom stereocenters. The largest absolute Gasteiger partial charge is 0.389 e. The van der Waals surface area contributed by atoms with E-state index in [-0.39, 0.29) is 6.03 Å². The van der Waals surface area contributed by atoms with E-state index in [1.807, 2.05) is 12.3 Å². The monoisotopic (exact) mass is 305 g/mol. The van der Waals surface area contributed by atoms with E-state index in [4.69, 9.17) is 0 Å². The zero-order chi connectivity index (χ0) is 15.2. The van der Waals surface area contributed by atoms with E-state index >= 15 is 0 Å². The van der Waals surface area contributed by atoms with Crippen LogP contribution in [0.15, 0.2) is 29.6 Å². The van der Waals surface area contributed by atoms with E-state index in [1.54, 1.807) is 42.5 Å². The van der Waals surface area contributed by atoms with Gasteiger partial charge in [0.15, 0.2) is 0 Å². The SMILES string of the molecule is Cc1csc(CCNC(=O)Nc2ccc(C(C)O)cc2)n1. The number of aromatic nitrogens is 1. The smallest absolute Gasteiger partial charge is 0.319 e. The molecule has 6 heteroatoms. The summed E-state index contributed by atoms with van der Waals surface area (Å²) < 4.78 is 0. The molecule has 2 rings (SSSR count). The number of carbonyl (C=O) groups excluding carboxylic acids is 1. The van der Waals surface area contributed by atoms with Gasteiger partial charge >= 0.3 is 6.03 Å². The van der Waals surface area contributed by atoms with Crippen LogP contribution in [0.4, 0.5) is 10.5 Å². The van der Waals surface area contributed by atoms with Crippen molar-refractivity contribution >= 4 is 23.1 Å². The van der Waals surface area contributed by atoms with Crippen molar-refractivity contribution in [1.82, 2.24) is 10.3 Å². The molecule has 2 amide bonds. The molecule has 0 aliphatic heterocycles. The van der Waals surface area contributed by atoms with Crippen molar-refractivity contribution in [1.29, 1.82) is 0 Å². The number of nitrogens with zero attached hydrogens (tertiary/aromatic N) is 1. The fourth-order valence-electron chi connectivity index (χ4n) is 1.82. The molecule has 0 bridgehead atoms. The van der Waals surface area contributed by atoms with Crippen LogP contribution in [0.25, 0.3) is 0 Å². The lowest BCUT2D eigenvalue weighted by atomic mass is 10.1. The zero-order valence-electron chi connectivity index (χ0n) is 12.1. The Kier molecular flexibility index (Phi) is 5.30. The first kappa shape index (κ1) is 15.5. The zero-order valence-corrected chi connectivity index (χ0v) is 12.9. The Bertz CT molecular complexity index is 593. The molecule has 112 valence electrons. The van der Waals surface area contributed by atoms with E-state index in [9.17, 15) is 9.90 Å². The topological polar surface area (TPSA) is 74.2 Å². The van der Waals surface area contributed by atoms with Gasteiger partial charge in [-0.2, -0.15) is 0 Å². The number of benzene rings is 1. The van der Waals surface area contributed by atoms with Gasteiger partial charge in [0.25, 0.3) is 0 Å². The first-order valence-electron chi connectivity index (χ1n) is 6.78. The molecule has 1 aromatic heterocycles. The maximum atomic E-state index is 11.7. The summed E-state index contributed by atoms with van der Waals surface area (Å²) >= 11 is 1.60. The number of carbonyl (C=O) groups is 1. The molecule has 0 aliphatic rings. The van der Waals surface area contributed by atoms with Crippen LogP contribution in [0, 0.1) is 6.92 Å². The summed E-state index contributed by atoms with van der Waals surface area (Å²) in [4.78, 5) is 16.1. The van der Waals surface area contributed by atoms with Crippen LogP contribution in [0.3, 0.4) is 0 Å². The van der Waals surface area contributed by atoms with Gasteiger partial charge in [0, 0.05) is 29.7 Å². The summed E-state index contributed by atoms with van der Waals surface area (Å²) in [5.74, 6) is 0. The van der Waals surface area contributed by atoms with Crippen LogP contribution in [-0.2, 0) is 6.42 Å². The molecular formula is C15H19N3O2S. The molecule has 0 saturated heterocycles. The maximum Gasteiger partial charge on any atom is 0.319 e. The van der Waals surface area contributed by atoms with Gasteiger partial charge in [0.05, 0.1) is 11.1 Å². The highest BCUT2D eigenvalue weighted by atomic mass is 32.1. The number of nitrogens with one attached hydrogen (secondary N) is 2. The Hall–Kier alpha value is -1.92. The summed E-state index contributed by atoms with van der Waals surface area (Å²) in [6.07, 6.45) is 0.224. The van der Waals surface area contributed by atoms with Gasteiger partial charge in [-0.15, -0.1) is 11.3 Å². The van der Waals surface area contributed by atoms with Crippen LogP contribution in [0.5, 0.6) is 0 Å². The van der Waals surface area contributed by atoms with Crippen molar-refractivity contribution in [2.75, 3.05) is 11.9 Å². The lowest BCUT2D eigenvalue weighted by Gasteiger charge is -2.09. The van der Waals surface area contributed by atoms with Crippen LogP contribution < -0.4 is 10.6 Å². The van der Waals surface area contributed by atoms with Crippen molar-refractivity contribution < 1.29 is 9.90 Å². The highest BCUT2D eigenvalue weighted by molar-refractivity contribution is 7.09. The number of hydrogen-bond acceptors (Lipinski definition) is 4. The van der Waals surface area contributed by atoms with E-state index < -0.39 is 6.10 Å². The summed E-state index contributed by atoms with van der Waals surface area (Å²) in [6.45, 7) is 4.21. The molecule has 0 radical (unpaired) electrons. The lowest BCUT2D eigenvalue weighted by molar-refractivity contribution is 0.199. The van der Waals surface area contributed by atoms with E-state index in [2.05, 4.69) is 15.6 Å². The molecule has 0 aliphatic carbocycles. The predicted octanol–water partition coefficient (Wildman–Crippen LogP) is 2.87. The number of thiazole rings is 1. The molecule has 3 N–H and O–H groups in total. The van der Waals surface area contributed by atoms with Crippen molar-refractivity contribution in [2.45, 2.75) is 26.4 Å². The van der Waals surface area contributed by atoms with Gasteiger partial charge in [-0.25, -0.2) is 9.78 Å². The minimum Gasteiger partial charge on any atom is -0.389 e. The number of anilines is 1. The standard InChI is InChI=1S/C15H19N3O2S/c1-10-9-21-14(17-10)7-8-16-15(20)18-13-5-3-12(4-6-13)11(2)19/h3-6,9,11,19H,7-8H2,1-2H3,(H2,16,18,20). The minimum atomic E-state index is -0.505. The van der Waals surface area contributed by atoms with Crippen molar-refractivity contribution in [3.8, 4) is 0 Å². The number of rotatable bonds is 5. The van der Waals surface area contributed by atoms with Crippen molar-refractivity contribution in [3.05, 3.63) is 45.9 Å². The van der Waals surface area contributed by atoms with E-state index in [1.165, 1.54) is 0 Å². The first-order chi connectivity index (χ1) is 10.0. The number of hydrogen-bond donors (Lipinski definition) is 3. The minimum absolute atomic E-state index is 0.243. The van der Waals surface area contributed by atoms with Gasteiger partial charge in [-0.05, 0) is 31.5 Å². The molecule has 21 heavy (non-hydrogen) atoms. The number of amides is 2. The van der Waals surface area contributed by atoms with Crippen LogP contribution in [0.1, 0.15) is 29.3 Å². The Morgan fingerprint density at radius 3 is 2.67 bits per heavy atom. The Morgan fingerprint density at radius 2 is 2.10 bits per heavy atom. The van der Waals surface area contributed by atoms with E-state index in [0.717, 1.165) is 22.7 Å². The van der Waals surface area contributed by atoms with Gasteiger partial charge in [0.1, 0.15) is 0 Å². The summed E-state index contributed by atoms with van der Waals surface area (Å²) in [6, 6.07) is 6.88. The molecule has 2 aromatic rings. The molecule has 1 heterocycles. The molecule has 5 nitrogen and oxygen atoms in total. The fraction of sp³-hybridized carbons (Fsp3) is 0.333. The molecule has 0 saturated carbocycles. The van der Waals surface area contributed by atoms with Crippen LogP contribution in [0.2, 0.25) is 0 Å². The third-order valence-electron chi connectivity index (χ3n) is 2.94. The second kappa shape index (κ2) is 7.19. The average Bonchev–Trinajstić information content (AvgIpc) is 2.85. The maximum absolute atomic E-state index is 11.7. The second-order valence-corrected chi connectivity index (χ2v) is 5.75. The Morgan fingerprint density at radius 1 is 1.38 bits per heavy atom. The third kappa shape index (κ3) is 4.84. The number of aliphatic hydroxyl groups excluding tert-OH is 1. The molecule has 0 spiro atoms. The average molecular weight is 305 g/mol. The van der Waals surface area contributed by atoms with E-state index in [0.29, 0.717) is 12.2 Å². The lowest BCUT2D eigenvalue weighted by Crippen LogP contribution is -2.30. The second-order valence-electron chi connectivity index (χ2n) is 4.81. The normalized spacial score (nSPS) is 12.0. The number of urea groups is 1. The molecule has 1 atom stereocenters. The van der Waals surface area contributed by atoms with Gasteiger partial charge < -0.3 is 15.7 Å². The predicted molar refractivity (Wildman–Crippen MR) is 84.7 cm³/mol. The van der Waals surface area contributed by atoms with Gasteiger partial charge in [0.2, 0.25) is 0 Å². The quantitative estimate of drug-likeness (QED) is 0.795. The van der Waals surface area contributed by atoms with Gasteiger partial charge in [-0.3, -0.25) is 0 Å². The first-order valence-corrected chi connectivity index (χ1v) is 7.66. The van der Waals surface area contributed by atoms with Crippen LogP contribution in [-0.4, -0.2) is 22.7 Å². The number of aryl methyl sites for hydroxylation is 1. The summed E-state index contributed by atoms with van der Waals surface area (Å²) in [7, 11) is 0. The fourth-order valence-corrected chi connectivity index (χ4v) is 2.60. The highest BCUT2D eigenvalue weighted by Gasteiger charge is 2.04. The van der Waals surface area contributed by atoms with Crippen LogP contribution >= 0.6 is 11.3 Å².